The quantitative estimate of drug-likeness (QED) is 0.173. The Balaban J connectivity index is 1.20. The van der Waals surface area contributed by atoms with E-state index in [1.807, 2.05) is 24.3 Å². The topological polar surface area (TPSA) is 123 Å². The van der Waals surface area contributed by atoms with Gasteiger partial charge in [0.1, 0.15) is 55.4 Å². The average Bonchev–Trinajstić information content (AvgIpc) is 3.51. The van der Waals surface area contributed by atoms with E-state index in [1.54, 1.807) is 57.2 Å². The fourth-order valence-electron chi connectivity index (χ4n) is 7.53. The normalized spacial score (nSPS) is 32.7. The standard InChI is InChI=1S/C40H41F6O11/c1-21-30(34-35(36(48)53-21)57-38(2,3)56-34)51-19-28-31(50-18-27(47)25-15-14-24(39(41,42)43)16-26(25)40(44,45)46)33(49-17-22-10-6-4-7-11-22)32-29(54-28)20-52-37(55-32)23-12-8-5-9-13-23/h4-16,21,28-37H,17-20H2,1-3H3/q-1/t21-,28-,29+,30-,31+,32+,33+,34+,35+,36+,37?/m0/s1. The maximum atomic E-state index is 14.1. The maximum absolute atomic E-state index is 14.1. The van der Waals surface area contributed by atoms with Crippen molar-refractivity contribution in [3.8, 4) is 0 Å². The van der Waals surface area contributed by atoms with Crippen LogP contribution in [0.3, 0.4) is 0 Å². The molecule has 0 spiro atoms. The molecule has 0 aliphatic carbocycles. The van der Waals surface area contributed by atoms with Crippen molar-refractivity contribution in [2.75, 3.05) is 19.8 Å². The molecule has 17 heteroatoms. The lowest BCUT2D eigenvalue weighted by Crippen LogP contribution is -2.65. The Kier molecular flexibility index (Phi) is 12.2. The minimum absolute atomic E-state index is 0.00865. The van der Waals surface area contributed by atoms with E-state index in [2.05, 4.69) is 0 Å². The molecule has 0 amide bonds. The number of hydrogen-bond donors (Lipinski definition) is 0. The molecule has 3 aromatic rings. The summed E-state index contributed by atoms with van der Waals surface area (Å²) in [6.45, 7) is 3.63. The van der Waals surface area contributed by atoms with E-state index in [4.69, 9.17) is 42.6 Å². The van der Waals surface area contributed by atoms with Crippen LogP contribution in [0.5, 0.6) is 0 Å². The van der Waals surface area contributed by atoms with E-state index in [-0.39, 0.29) is 25.9 Å². The number of halogens is 6. The SMILES string of the molecule is C[C@@H]1O[C@@H]([O-])[C@@H]2OC(C)(C)O[C@@H]2[C@H]1OC[C@@H]1O[C@@H]2COC(c3ccccc3)O[C@H]2[C@H](OCc2ccccc2)[C@@H]1OCC(=O)c1ccc(C(F)(F)F)cc1C(F)(F)F. The Morgan fingerprint density at radius 3 is 2.16 bits per heavy atom. The van der Waals surface area contributed by atoms with Crippen LogP contribution in [-0.2, 0) is 61.6 Å². The van der Waals surface area contributed by atoms with E-state index in [1.165, 1.54) is 0 Å². The highest BCUT2D eigenvalue weighted by Gasteiger charge is 2.55. The molecular weight excluding hydrogens is 770 g/mol. The fourth-order valence-corrected chi connectivity index (χ4v) is 7.53. The lowest BCUT2D eigenvalue weighted by atomic mass is 9.93. The first-order chi connectivity index (χ1) is 27.0. The number of benzene rings is 3. The molecule has 11 nitrogen and oxygen atoms in total. The lowest BCUT2D eigenvalue weighted by Gasteiger charge is -2.50. The number of rotatable bonds is 11. The summed E-state index contributed by atoms with van der Waals surface area (Å²) in [5, 5.41) is 12.8. The van der Waals surface area contributed by atoms with Gasteiger partial charge in [-0.2, -0.15) is 26.3 Å². The highest BCUT2D eigenvalue weighted by molar-refractivity contribution is 5.98. The summed E-state index contributed by atoms with van der Waals surface area (Å²) in [5.41, 5.74) is -2.92. The van der Waals surface area contributed by atoms with E-state index < -0.39 is 115 Å². The first-order valence-corrected chi connectivity index (χ1v) is 18.3. The molecule has 0 bridgehead atoms. The van der Waals surface area contributed by atoms with Crippen molar-refractivity contribution in [3.63, 3.8) is 0 Å². The molecule has 4 heterocycles. The molecule has 4 saturated heterocycles. The zero-order valence-corrected chi connectivity index (χ0v) is 30.9. The first kappa shape index (κ1) is 41.7. The van der Waals surface area contributed by atoms with Gasteiger partial charge in [-0.3, -0.25) is 4.79 Å². The van der Waals surface area contributed by atoms with Crippen molar-refractivity contribution in [2.45, 2.75) is 113 Å². The van der Waals surface area contributed by atoms with Gasteiger partial charge in [0.05, 0.1) is 37.1 Å². The van der Waals surface area contributed by atoms with Crippen LogP contribution >= 0.6 is 0 Å². The van der Waals surface area contributed by atoms with Crippen molar-refractivity contribution in [2.24, 2.45) is 0 Å². The number of Topliss-reactive ketones (excluding diaryl/α,β-unsaturated/α-hetero) is 1. The van der Waals surface area contributed by atoms with Gasteiger partial charge in [-0.05, 0) is 38.5 Å². The molecule has 57 heavy (non-hydrogen) atoms. The third-order valence-corrected chi connectivity index (χ3v) is 10.2. The van der Waals surface area contributed by atoms with Gasteiger partial charge in [0.2, 0.25) is 0 Å². The van der Waals surface area contributed by atoms with Crippen LogP contribution in [0.4, 0.5) is 26.3 Å². The molecule has 11 atom stereocenters. The molecule has 0 radical (unpaired) electrons. The molecule has 310 valence electrons. The summed E-state index contributed by atoms with van der Waals surface area (Å²) in [6.07, 6.45) is -21.5. The minimum Gasteiger partial charge on any atom is -0.829 e. The first-order valence-electron chi connectivity index (χ1n) is 18.3. The summed E-state index contributed by atoms with van der Waals surface area (Å²) < 4.78 is 138. The Morgan fingerprint density at radius 1 is 0.789 bits per heavy atom. The van der Waals surface area contributed by atoms with Crippen LogP contribution in [0, 0.1) is 0 Å². The molecule has 4 fully saturated rings. The molecule has 0 N–H and O–H groups in total. The van der Waals surface area contributed by atoms with Gasteiger partial charge < -0.3 is 47.7 Å². The molecule has 4 aliphatic heterocycles. The van der Waals surface area contributed by atoms with E-state index in [9.17, 15) is 36.2 Å². The summed E-state index contributed by atoms with van der Waals surface area (Å²) in [5.74, 6) is -2.36. The number of hydrogen-bond acceptors (Lipinski definition) is 11. The maximum Gasteiger partial charge on any atom is 0.417 e. The molecule has 0 saturated carbocycles. The van der Waals surface area contributed by atoms with Crippen molar-refractivity contribution >= 4 is 5.78 Å². The van der Waals surface area contributed by atoms with E-state index in [0.29, 0.717) is 17.7 Å². The van der Waals surface area contributed by atoms with Crippen molar-refractivity contribution < 1.29 is 78.9 Å². The molecule has 3 aromatic carbocycles. The van der Waals surface area contributed by atoms with Crippen LogP contribution in [0.1, 0.15) is 59.7 Å². The van der Waals surface area contributed by atoms with Gasteiger partial charge in [-0.1, -0.05) is 66.7 Å². The highest BCUT2D eigenvalue weighted by atomic mass is 19.4. The zero-order valence-electron chi connectivity index (χ0n) is 30.9. The smallest absolute Gasteiger partial charge is 0.417 e. The second-order valence-corrected chi connectivity index (χ2v) is 14.7. The monoisotopic (exact) mass is 811 g/mol. The lowest BCUT2D eigenvalue weighted by molar-refractivity contribution is -0.527. The van der Waals surface area contributed by atoms with Gasteiger partial charge in [0, 0.05) is 17.4 Å². The fraction of sp³-hybridized carbons (Fsp3) is 0.525. The van der Waals surface area contributed by atoms with Gasteiger partial charge in [-0.25, -0.2) is 0 Å². The summed E-state index contributed by atoms with van der Waals surface area (Å²) in [4.78, 5) is 13.5. The van der Waals surface area contributed by atoms with Crippen LogP contribution in [0.2, 0.25) is 0 Å². The van der Waals surface area contributed by atoms with Crippen LogP contribution < -0.4 is 5.11 Å². The third-order valence-electron chi connectivity index (χ3n) is 10.2. The predicted molar refractivity (Wildman–Crippen MR) is 182 cm³/mol. The van der Waals surface area contributed by atoms with Crippen molar-refractivity contribution in [1.82, 2.24) is 0 Å². The van der Waals surface area contributed by atoms with Crippen LogP contribution in [0.25, 0.3) is 0 Å². The Labute approximate surface area is 324 Å². The van der Waals surface area contributed by atoms with Gasteiger partial charge >= 0.3 is 12.4 Å². The second-order valence-electron chi connectivity index (χ2n) is 14.7. The van der Waals surface area contributed by atoms with E-state index >= 15 is 0 Å². The molecular formula is C40H41F6O11-. The second kappa shape index (κ2) is 16.6. The van der Waals surface area contributed by atoms with Gasteiger partial charge in [0.25, 0.3) is 0 Å². The molecule has 0 aromatic heterocycles. The van der Waals surface area contributed by atoms with Gasteiger partial charge in [-0.15, -0.1) is 0 Å². The number of carbonyl (C=O) groups excluding carboxylic acids is 1. The summed E-state index contributed by atoms with van der Waals surface area (Å²) >= 11 is 0. The van der Waals surface area contributed by atoms with Gasteiger partial charge in [0.15, 0.2) is 17.9 Å². The summed E-state index contributed by atoms with van der Waals surface area (Å²) in [6, 6.07) is 18.8. The average molecular weight is 812 g/mol. The molecule has 4 aliphatic rings. The van der Waals surface area contributed by atoms with Crippen molar-refractivity contribution in [3.05, 3.63) is 107 Å². The van der Waals surface area contributed by atoms with E-state index in [0.717, 1.165) is 5.56 Å². The van der Waals surface area contributed by atoms with Crippen LogP contribution in [-0.4, -0.2) is 92.6 Å². The number of alkyl halides is 6. The number of ketones is 1. The zero-order chi connectivity index (χ0) is 40.7. The predicted octanol–water partition coefficient (Wildman–Crippen LogP) is 5.77. The number of ether oxygens (including phenoxy) is 9. The van der Waals surface area contributed by atoms with Crippen LogP contribution in [0.15, 0.2) is 78.9 Å². The number of fused-ring (bicyclic) bond motifs is 2. The molecule has 7 rings (SSSR count). The highest BCUT2D eigenvalue weighted by Crippen LogP contribution is 2.41. The summed E-state index contributed by atoms with van der Waals surface area (Å²) in [7, 11) is 0. The third kappa shape index (κ3) is 9.38. The molecule has 1 unspecified atom stereocenters. The Hall–Kier alpha value is -3.49. The Bertz CT molecular complexity index is 1830. The van der Waals surface area contributed by atoms with Crippen molar-refractivity contribution in [1.29, 1.82) is 0 Å². The number of carbonyl (C=O) groups is 1. The Morgan fingerprint density at radius 2 is 1.47 bits per heavy atom. The largest absolute Gasteiger partial charge is 0.829 e. The minimum atomic E-state index is -5.30.